The number of carbonyl (C=O) groups is 1. The van der Waals surface area contributed by atoms with Crippen LogP contribution >= 0.6 is 0 Å². The number of rotatable bonds is 4. The van der Waals surface area contributed by atoms with Gasteiger partial charge in [-0.15, -0.1) is 0 Å². The predicted octanol–water partition coefficient (Wildman–Crippen LogP) is 1.60. The molecule has 0 saturated carbocycles. The number of piperidine rings is 1. The van der Waals surface area contributed by atoms with Gasteiger partial charge in [-0.25, -0.2) is 0 Å². The zero-order valence-electron chi connectivity index (χ0n) is 11.3. The molecule has 1 fully saturated rings. The van der Waals surface area contributed by atoms with Crippen LogP contribution in [0.1, 0.15) is 18.4 Å². The van der Waals surface area contributed by atoms with Gasteiger partial charge in [0.15, 0.2) is 6.61 Å². The standard InChI is InChI=1S/C15H21NO3/c1-12-4-2-6-14(8-12)19-11-15(18)16-7-3-5-13(9-16)10-17/h2,4,6,8,13,17H,3,5,7,9-11H2,1H3. The van der Waals surface area contributed by atoms with Gasteiger partial charge in [-0.05, 0) is 43.4 Å². The van der Waals surface area contributed by atoms with E-state index >= 15 is 0 Å². The molecule has 1 N–H and O–H groups in total. The molecule has 0 bridgehead atoms. The van der Waals surface area contributed by atoms with Crippen molar-refractivity contribution in [2.75, 3.05) is 26.3 Å². The molecule has 0 aliphatic carbocycles. The van der Waals surface area contributed by atoms with Crippen LogP contribution in [0.25, 0.3) is 0 Å². The molecule has 0 aromatic heterocycles. The molecule has 1 heterocycles. The molecule has 1 saturated heterocycles. The van der Waals surface area contributed by atoms with E-state index in [9.17, 15) is 4.79 Å². The molecule has 19 heavy (non-hydrogen) atoms. The van der Waals surface area contributed by atoms with Crippen molar-refractivity contribution in [2.24, 2.45) is 5.92 Å². The average Bonchev–Trinajstić information content (AvgIpc) is 2.45. The van der Waals surface area contributed by atoms with E-state index in [2.05, 4.69) is 0 Å². The summed E-state index contributed by atoms with van der Waals surface area (Å²) < 4.78 is 5.52. The molecule has 1 aliphatic heterocycles. The lowest BCUT2D eigenvalue weighted by atomic mass is 9.99. The molecule has 4 heteroatoms. The number of nitrogens with zero attached hydrogens (tertiary/aromatic N) is 1. The lowest BCUT2D eigenvalue weighted by molar-refractivity contribution is -0.135. The first kappa shape index (κ1) is 13.9. The normalized spacial score (nSPS) is 19.3. The summed E-state index contributed by atoms with van der Waals surface area (Å²) in [6.07, 6.45) is 1.96. The zero-order valence-corrected chi connectivity index (χ0v) is 11.3. The summed E-state index contributed by atoms with van der Waals surface area (Å²) >= 11 is 0. The number of hydrogen-bond donors (Lipinski definition) is 1. The second kappa shape index (κ2) is 6.57. The van der Waals surface area contributed by atoms with Gasteiger partial charge in [0.05, 0.1) is 0 Å². The number of aliphatic hydroxyl groups is 1. The van der Waals surface area contributed by atoms with Crippen LogP contribution in [0.4, 0.5) is 0 Å². The van der Waals surface area contributed by atoms with E-state index in [1.54, 1.807) is 4.90 Å². The topological polar surface area (TPSA) is 49.8 Å². The van der Waals surface area contributed by atoms with Gasteiger partial charge in [-0.2, -0.15) is 0 Å². The Morgan fingerprint density at radius 3 is 3.11 bits per heavy atom. The number of aliphatic hydroxyl groups excluding tert-OH is 1. The second-order valence-corrected chi connectivity index (χ2v) is 5.14. The molecular formula is C15H21NO3. The smallest absolute Gasteiger partial charge is 0.260 e. The Hall–Kier alpha value is -1.55. The van der Waals surface area contributed by atoms with E-state index < -0.39 is 0 Å². The van der Waals surface area contributed by atoms with Crippen LogP contribution in [0, 0.1) is 12.8 Å². The van der Waals surface area contributed by atoms with E-state index in [-0.39, 0.29) is 25.0 Å². The number of hydrogen-bond acceptors (Lipinski definition) is 3. The Morgan fingerprint density at radius 1 is 1.53 bits per heavy atom. The third-order valence-corrected chi connectivity index (χ3v) is 3.48. The van der Waals surface area contributed by atoms with Crippen LogP contribution in [0.2, 0.25) is 0 Å². The second-order valence-electron chi connectivity index (χ2n) is 5.14. The van der Waals surface area contributed by atoms with Crippen LogP contribution in [-0.2, 0) is 4.79 Å². The van der Waals surface area contributed by atoms with Crippen molar-refractivity contribution in [3.8, 4) is 5.75 Å². The van der Waals surface area contributed by atoms with E-state index in [1.807, 2.05) is 31.2 Å². The minimum atomic E-state index is -0.000318. The highest BCUT2D eigenvalue weighted by molar-refractivity contribution is 5.77. The highest BCUT2D eigenvalue weighted by atomic mass is 16.5. The summed E-state index contributed by atoms with van der Waals surface area (Å²) in [5, 5.41) is 9.16. The predicted molar refractivity (Wildman–Crippen MR) is 73.1 cm³/mol. The minimum Gasteiger partial charge on any atom is -0.484 e. The first-order valence-electron chi connectivity index (χ1n) is 6.77. The molecule has 1 unspecified atom stereocenters. The van der Waals surface area contributed by atoms with Gasteiger partial charge in [0.1, 0.15) is 5.75 Å². The van der Waals surface area contributed by atoms with E-state index in [4.69, 9.17) is 9.84 Å². The van der Waals surface area contributed by atoms with Crippen LogP contribution in [0.3, 0.4) is 0 Å². The molecular weight excluding hydrogens is 242 g/mol. The average molecular weight is 263 g/mol. The van der Waals surface area contributed by atoms with Crippen LogP contribution < -0.4 is 4.74 Å². The molecule has 0 radical (unpaired) electrons. The Morgan fingerprint density at radius 2 is 2.37 bits per heavy atom. The number of aryl methyl sites for hydroxylation is 1. The Balaban J connectivity index is 1.84. The minimum absolute atomic E-state index is 0.000318. The van der Waals surface area contributed by atoms with Crippen LogP contribution in [-0.4, -0.2) is 42.2 Å². The maximum Gasteiger partial charge on any atom is 0.260 e. The molecule has 1 atom stereocenters. The van der Waals surface area contributed by atoms with Gasteiger partial charge in [0.2, 0.25) is 0 Å². The first-order chi connectivity index (χ1) is 9.19. The molecule has 1 amide bonds. The van der Waals surface area contributed by atoms with Crippen molar-refractivity contribution in [2.45, 2.75) is 19.8 Å². The van der Waals surface area contributed by atoms with Crippen LogP contribution in [0.5, 0.6) is 5.75 Å². The van der Waals surface area contributed by atoms with Crippen molar-refractivity contribution >= 4 is 5.91 Å². The van der Waals surface area contributed by atoms with Gasteiger partial charge < -0.3 is 14.7 Å². The van der Waals surface area contributed by atoms with Gasteiger partial charge in [0, 0.05) is 19.7 Å². The van der Waals surface area contributed by atoms with Crippen molar-refractivity contribution in [3.63, 3.8) is 0 Å². The number of amides is 1. The molecule has 1 aliphatic rings. The summed E-state index contributed by atoms with van der Waals surface area (Å²) in [6, 6.07) is 7.68. The lowest BCUT2D eigenvalue weighted by Crippen LogP contribution is -2.43. The third-order valence-electron chi connectivity index (χ3n) is 3.48. The number of likely N-dealkylation sites (tertiary alicyclic amines) is 1. The molecule has 1 aromatic carbocycles. The summed E-state index contributed by atoms with van der Waals surface area (Å²) in [5.74, 6) is 0.945. The highest BCUT2D eigenvalue weighted by Crippen LogP contribution is 2.17. The summed E-state index contributed by atoms with van der Waals surface area (Å²) in [7, 11) is 0. The van der Waals surface area contributed by atoms with E-state index in [0.29, 0.717) is 6.54 Å². The fourth-order valence-corrected chi connectivity index (χ4v) is 2.38. The van der Waals surface area contributed by atoms with Crippen molar-refractivity contribution in [1.82, 2.24) is 4.90 Å². The van der Waals surface area contributed by atoms with Gasteiger partial charge in [0.25, 0.3) is 5.91 Å². The lowest BCUT2D eigenvalue weighted by Gasteiger charge is -2.31. The summed E-state index contributed by atoms with van der Waals surface area (Å²) in [5.41, 5.74) is 1.11. The van der Waals surface area contributed by atoms with Gasteiger partial charge >= 0.3 is 0 Å². The highest BCUT2D eigenvalue weighted by Gasteiger charge is 2.23. The fourth-order valence-electron chi connectivity index (χ4n) is 2.38. The van der Waals surface area contributed by atoms with E-state index in [0.717, 1.165) is 30.7 Å². The quantitative estimate of drug-likeness (QED) is 0.897. The summed E-state index contributed by atoms with van der Waals surface area (Å²) in [6.45, 7) is 3.63. The number of benzene rings is 1. The fraction of sp³-hybridized carbons (Fsp3) is 0.533. The molecule has 1 aromatic rings. The van der Waals surface area contributed by atoms with Gasteiger partial charge in [-0.3, -0.25) is 4.79 Å². The van der Waals surface area contributed by atoms with Crippen molar-refractivity contribution < 1.29 is 14.6 Å². The zero-order chi connectivity index (χ0) is 13.7. The third kappa shape index (κ3) is 3.96. The molecule has 2 rings (SSSR count). The number of carbonyl (C=O) groups excluding carboxylic acids is 1. The van der Waals surface area contributed by atoms with E-state index in [1.165, 1.54) is 0 Å². The molecule has 0 spiro atoms. The Labute approximate surface area is 114 Å². The van der Waals surface area contributed by atoms with Crippen molar-refractivity contribution in [1.29, 1.82) is 0 Å². The van der Waals surface area contributed by atoms with Gasteiger partial charge in [-0.1, -0.05) is 12.1 Å². The monoisotopic (exact) mass is 263 g/mol. The van der Waals surface area contributed by atoms with Crippen molar-refractivity contribution in [3.05, 3.63) is 29.8 Å². The first-order valence-corrected chi connectivity index (χ1v) is 6.77. The summed E-state index contributed by atoms with van der Waals surface area (Å²) in [4.78, 5) is 13.8. The largest absolute Gasteiger partial charge is 0.484 e. The van der Waals surface area contributed by atoms with Crippen LogP contribution in [0.15, 0.2) is 24.3 Å². The molecule has 104 valence electrons. The Bertz CT molecular complexity index is 433. The Kier molecular flexibility index (Phi) is 4.80. The maximum absolute atomic E-state index is 12.0. The SMILES string of the molecule is Cc1cccc(OCC(=O)N2CCCC(CO)C2)c1. The molecule has 4 nitrogen and oxygen atoms in total. The maximum atomic E-state index is 12.0. The number of ether oxygens (including phenoxy) is 1.